The highest BCUT2D eigenvalue weighted by molar-refractivity contribution is 7.92. The van der Waals surface area contributed by atoms with Crippen molar-refractivity contribution in [1.82, 2.24) is 0 Å². The first-order chi connectivity index (χ1) is 14.1. The number of hydrogen-bond acceptors (Lipinski definition) is 3. The molecule has 0 saturated carbocycles. The van der Waals surface area contributed by atoms with Crippen molar-refractivity contribution in [3.05, 3.63) is 88.9 Å². The van der Waals surface area contributed by atoms with Crippen molar-refractivity contribution in [3.63, 3.8) is 0 Å². The molecule has 0 heterocycles. The Balaban J connectivity index is 1.80. The molecule has 3 aromatic carbocycles. The van der Waals surface area contributed by atoms with Gasteiger partial charge in [-0.15, -0.1) is 0 Å². The molecule has 0 aliphatic heterocycles. The summed E-state index contributed by atoms with van der Waals surface area (Å²) in [5, 5.41) is 1.86. The summed E-state index contributed by atoms with van der Waals surface area (Å²) in [5.74, 6) is -0.716. The topological polar surface area (TPSA) is 75.3 Å². The molecule has 0 unspecified atom stereocenters. The fraction of sp³-hybridized carbons (Fsp3) is 0.0500. The summed E-state index contributed by atoms with van der Waals surface area (Å²) in [4.78, 5) is 12.5. The SMILES string of the molecule is O=C(Nc1ccc(Cl)c(C(F)(F)F)c1)c1cccc(NS(=O)(=O)c2ccccc2)c1. The largest absolute Gasteiger partial charge is 0.417 e. The molecule has 0 bridgehead atoms. The van der Waals surface area contributed by atoms with E-state index in [2.05, 4.69) is 10.0 Å². The zero-order valence-corrected chi connectivity index (χ0v) is 16.6. The number of carbonyl (C=O) groups is 1. The third-order valence-corrected chi connectivity index (χ3v) is 5.69. The van der Waals surface area contributed by atoms with Crippen LogP contribution in [0, 0.1) is 0 Å². The van der Waals surface area contributed by atoms with E-state index in [-0.39, 0.29) is 21.8 Å². The minimum atomic E-state index is -4.67. The van der Waals surface area contributed by atoms with Gasteiger partial charge in [-0.2, -0.15) is 13.2 Å². The van der Waals surface area contributed by atoms with Crippen LogP contribution in [0.5, 0.6) is 0 Å². The van der Waals surface area contributed by atoms with Gasteiger partial charge >= 0.3 is 6.18 Å². The Kier molecular flexibility index (Phi) is 6.04. The molecule has 0 aromatic heterocycles. The molecular formula is C20H14ClF3N2O3S. The number of sulfonamides is 1. The first kappa shape index (κ1) is 21.7. The molecule has 0 spiro atoms. The van der Waals surface area contributed by atoms with Crippen molar-refractivity contribution in [2.75, 3.05) is 10.0 Å². The van der Waals surface area contributed by atoms with Gasteiger partial charge in [0.2, 0.25) is 0 Å². The number of alkyl halides is 3. The first-order valence-electron chi connectivity index (χ1n) is 8.42. The summed E-state index contributed by atoms with van der Waals surface area (Å²) in [5.41, 5.74) is -1.01. The molecule has 2 N–H and O–H groups in total. The predicted molar refractivity (Wildman–Crippen MR) is 108 cm³/mol. The highest BCUT2D eigenvalue weighted by Crippen LogP contribution is 2.36. The number of halogens is 4. The van der Waals surface area contributed by atoms with Gasteiger partial charge in [-0.3, -0.25) is 9.52 Å². The lowest BCUT2D eigenvalue weighted by Crippen LogP contribution is -2.15. The summed E-state index contributed by atoms with van der Waals surface area (Å²) < 4.78 is 66.1. The number of rotatable bonds is 5. The highest BCUT2D eigenvalue weighted by Gasteiger charge is 2.33. The predicted octanol–water partition coefficient (Wildman–Crippen LogP) is 5.41. The molecule has 0 aliphatic rings. The monoisotopic (exact) mass is 454 g/mol. The molecule has 156 valence electrons. The van der Waals surface area contributed by atoms with E-state index in [9.17, 15) is 26.4 Å². The molecule has 1 amide bonds. The zero-order valence-electron chi connectivity index (χ0n) is 15.1. The van der Waals surface area contributed by atoms with Gasteiger partial charge in [-0.05, 0) is 48.5 Å². The Morgan fingerprint density at radius 1 is 0.867 bits per heavy atom. The van der Waals surface area contributed by atoms with Gasteiger partial charge in [-0.25, -0.2) is 8.42 Å². The lowest BCUT2D eigenvalue weighted by molar-refractivity contribution is -0.137. The lowest BCUT2D eigenvalue weighted by atomic mass is 10.1. The quantitative estimate of drug-likeness (QED) is 0.541. The molecule has 30 heavy (non-hydrogen) atoms. The normalized spacial score (nSPS) is 11.7. The summed E-state index contributed by atoms with van der Waals surface area (Å²) in [7, 11) is -3.86. The van der Waals surface area contributed by atoms with Crippen molar-refractivity contribution in [2.24, 2.45) is 0 Å². The number of benzene rings is 3. The minimum absolute atomic E-state index is 0.0423. The van der Waals surface area contributed by atoms with Gasteiger partial charge in [0.1, 0.15) is 0 Å². The molecule has 0 aliphatic carbocycles. The lowest BCUT2D eigenvalue weighted by Gasteiger charge is -2.12. The second kappa shape index (κ2) is 8.37. The Morgan fingerprint density at radius 2 is 1.57 bits per heavy atom. The second-order valence-electron chi connectivity index (χ2n) is 6.15. The maximum atomic E-state index is 13.0. The van der Waals surface area contributed by atoms with Gasteiger partial charge in [-0.1, -0.05) is 35.9 Å². The third-order valence-electron chi connectivity index (χ3n) is 3.96. The van der Waals surface area contributed by atoms with Crippen LogP contribution >= 0.6 is 11.6 Å². The number of anilines is 2. The van der Waals surface area contributed by atoms with E-state index < -0.39 is 32.7 Å². The maximum Gasteiger partial charge on any atom is 0.417 e. The Bertz CT molecular complexity index is 1180. The fourth-order valence-corrected chi connectivity index (χ4v) is 3.86. The van der Waals surface area contributed by atoms with E-state index in [0.29, 0.717) is 0 Å². The second-order valence-corrected chi connectivity index (χ2v) is 8.24. The fourth-order valence-electron chi connectivity index (χ4n) is 2.56. The molecule has 5 nitrogen and oxygen atoms in total. The Hall–Kier alpha value is -3.04. The van der Waals surface area contributed by atoms with Crippen LogP contribution in [0.25, 0.3) is 0 Å². The summed E-state index contributed by atoms with van der Waals surface area (Å²) >= 11 is 5.57. The highest BCUT2D eigenvalue weighted by atomic mass is 35.5. The van der Waals surface area contributed by atoms with E-state index >= 15 is 0 Å². The van der Waals surface area contributed by atoms with E-state index in [4.69, 9.17) is 11.6 Å². The van der Waals surface area contributed by atoms with Crippen molar-refractivity contribution in [1.29, 1.82) is 0 Å². The third kappa shape index (κ3) is 5.11. The molecule has 0 radical (unpaired) electrons. The summed E-state index contributed by atoms with van der Waals surface area (Å²) in [6, 6.07) is 16.2. The maximum absolute atomic E-state index is 13.0. The molecule has 0 saturated heterocycles. The van der Waals surface area contributed by atoms with Crippen molar-refractivity contribution >= 4 is 38.9 Å². The smallest absolute Gasteiger partial charge is 0.322 e. The molecule has 0 fully saturated rings. The van der Waals surface area contributed by atoms with Crippen LogP contribution in [0.3, 0.4) is 0 Å². The van der Waals surface area contributed by atoms with Crippen molar-refractivity contribution in [3.8, 4) is 0 Å². The molecule has 0 atom stereocenters. The number of amides is 1. The number of nitrogens with one attached hydrogen (secondary N) is 2. The van der Waals surface area contributed by atoms with Gasteiger partial charge in [0.25, 0.3) is 15.9 Å². The standard InChI is InChI=1S/C20H14ClF3N2O3S/c21-18-10-9-14(12-17(18)20(22,23)24)25-19(27)13-5-4-6-15(11-13)26-30(28,29)16-7-2-1-3-8-16/h1-12,26H,(H,25,27). The van der Waals surface area contributed by atoms with Crippen LogP contribution in [0.15, 0.2) is 77.7 Å². The number of carbonyl (C=O) groups excluding carboxylic acids is 1. The van der Waals surface area contributed by atoms with E-state index in [1.807, 2.05) is 0 Å². The van der Waals surface area contributed by atoms with Gasteiger partial charge < -0.3 is 5.32 Å². The van der Waals surface area contributed by atoms with Gasteiger partial charge in [0.05, 0.1) is 15.5 Å². The summed E-state index contributed by atoms with van der Waals surface area (Å²) in [6.07, 6.45) is -4.67. The van der Waals surface area contributed by atoms with Crippen LogP contribution in [0.2, 0.25) is 5.02 Å². The molecule has 3 aromatic rings. The van der Waals surface area contributed by atoms with E-state index in [1.54, 1.807) is 18.2 Å². The van der Waals surface area contributed by atoms with Crippen LogP contribution in [-0.2, 0) is 16.2 Å². The summed E-state index contributed by atoms with van der Waals surface area (Å²) in [6.45, 7) is 0. The van der Waals surface area contributed by atoms with Crippen LogP contribution in [-0.4, -0.2) is 14.3 Å². The van der Waals surface area contributed by atoms with Crippen LogP contribution in [0.1, 0.15) is 15.9 Å². The molecular weight excluding hydrogens is 441 g/mol. The van der Waals surface area contributed by atoms with Gasteiger partial charge in [0, 0.05) is 16.9 Å². The minimum Gasteiger partial charge on any atom is -0.322 e. The first-order valence-corrected chi connectivity index (χ1v) is 10.3. The Morgan fingerprint density at radius 3 is 2.23 bits per heavy atom. The van der Waals surface area contributed by atoms with E-state index in [1.165, 1.54) is 42.5 Å². The van der Waals surface area contributed by atoms with Crippen LogP contribution < -0.4 is 10.0 Å². The van der Waals surface area contributed by atoms with Crippen LogP contribution in [0.4, 0.5) is 24.5 Å². The van der Waals surface area contributed by atoms with Gasteiger partial charge in [0.15, 0.2) is 0 Å². The van der Waals surface area contributed by atoms with E-state index in [0.717, 1.165) is 12.1 Å². The molecule has 10 heteroatoms. The number of hydrogen-bond donors (Lipinski definition) is 2. The van der Waals surface area contributed by atoms with Crippen molar-refractivity contribution in [2.45, 2.75) is 11.1 Å². The average Bonchev–Trinajstić information content (AvgIpc) is 2.69. The average molecular weight is 455 g/mol. The van der Waals surface area contributed by atoms with Crippen molar-refractivity contribution < 1.29 is 26.4 Å². The Labute approximate surface area is 175 Å². The molecule has 3 rings (SSSR count). The zero-order chi connectivity index (χ0) is 21.9.